The maximum Gasteiger partial charge on any atom is 0.269 e. The second kappa shape index (κ2) is 10.1. The number of amides is 2. The lowest BCUT2D eigenvalue weighted by molar-refractivity contribution is -0.384. The topological polar surface area (TPSA) is 153 Å². The Morgan fingerprint density at radius 2 is 1.57 bits per heavy atom. The van der Waals surface area contributed by atoms with Crippen molar-refractivity contribution in [3.05, 3.63) is 74.9 Å². The molecule has 6 rings (SSSR count). The van der Waals surface area contributed by atoms with Crippen LogP contribution in [0.2, 0.25) is 0 Å². The van der Waals surface area contributed by atoms with E-state index in [0.717, 1.165) is 10.5 Å². The van der Waals surface area contributed by atoms with Crippen LogP contribution in [0.5, 0.6) is 17.2 Å². The van der Waals surface area contributed by atoms with E-state index in [1.807, 2.05) is 6.08 Å². The minimum Gasteiger partial charge on any atom is -0.502 e. The Morgan fingerprint density at radius 3 is 2.14 bits per heavy atom. The third kappa shape index (κ3) is 3.87. The van der Waals surface area contributed by atoms with Crippen LogP contribution in [0.4, 0.5) is 11.4 Å². The van der Waals surface area contributed by atoms with Gasteiger partial charge in [0.1, 0.15) is 0 Å². The van der Waals surface area contributed by atoms with E-state index in [9.17, 15) is 34.4 Å². The predicted octanol–water partition coefficient (Wildman–Crippen LogP) is 4.67. The molecule has 0 spiro atoms. The molecule has 2 aromatic rings. The first-order valence-corrected chi connectivity index (χ1v) is 14.4. The molecule has 0 aromatic heterocycles. The highest BCUT2D eigenvalue weighted by Gasteiger charge is 2.64. The first kappa shape index (κ1) is 29.3. The summed E-state index contributed by atoms with van der Waals surface area (Å²) in [6.07, 6.45) is 2.37. The van der Waals surface area contributed by atoms with Crippen molar-refractivity contribution in [2.24, 2.45) is 29.1 Å². The van der Waals surface area contributed by atoms with Gasteiger partial charge < -0.3 is 14.6 Å². The number of anilines is 1. The van der Waals surface area contributed by atoms with Crippen molar-refractivity contribution in [3.63, 3.8) is 0 Å². The van der Waals surface area contributed by atoms with Gasteiger partial charge in [-0.3, -0.25) is 34.2 Å². The van der Waals surface area contributed by atoms with Crippen molar-refractivity contribution in [2.45, 2.75) is 39.5 Å². The van der Waals surface area contributed by atoms with Crippen molar-refractivity contribution in [1.29, 1.82) is 0 Å². The number of phenols is 1. The lowest BCUT2D eigenvalue weighted by Crippen LogP contribution is -2.55. The highest BCUT2D eigenvalue weighted by atomic mass is 16.6. The minimum absolute atomic E-state index is 0.130. The van der Waals surface area contributed by atoms with Crippen LogP contribution in [0, 0.1) is 39.2 Å². The highest BCUT2D eigenvalue weighted by Crippen LogP contribution is 2.63. The van der Waals surface area contributed by atoms with E-state index in [1.54, 1.807) is 32.9 Å². The first-order valence-electron chi connectivity index (χ1n) is 14.4. The van der Waals surface area contributed by atoms with Crippen LogP contribution in [0.3, 0.4) is 0 Å². The van der Waals surface area contributed by atoms with Crippen molar-refractivity contribution in [3.8, 4) is 17.2 Å². The number of nitro groups is 1. The number of ether oxygens (including phenoxy) is 2. The second-order valence-corrected chi connectivity index (χ2v) is 12.2. The molecule has 6 atom stereocenters. The zero-order chi connectivity index (χ0) is 31.8. The zero-order valence-corrected chi connectivity index (χ0v) is 25.0. The molecular formula is C33H32N2O9. The number of hydrogen-bond donors (Lipinski definition) is 1. The van der Waals surface area contributed by atoms with Crippen molar-refractivity contribution in [1.82, 2.24) is 0 Å². The van der Waals surface area contributed by atoms with Crippen LogP contribution in [-0.4, -0.2) is 47.6 Å². The summed E-state index contributed by atoms with van der Waals surface area (Å²) < 4.78 is 10.9. The highest BCUT2D eigenvalue weighted by molar-refractivity contribution is 6.22. The summed E-state index contributed by atoms with van der Waals surface area (Å²) in [7, 11) is 2.80. The summed E-state index contributed by atoms with van der Waals surface area (Å²) in [5.41, 5.74) is 0.995. The quantitative estimate of drug-likeness (QED) is 0.223. The maximum absolute atomic E-state index is 14.2. The number of nitrogens with zero attached hydrogens (tertiary/aromatic N) is 2. The van der Waals surface area contributed by atoms with Crippen molar-refractivity contribution in [2.75, 3.05) is 19.1 Å². The van der Waals surface area contributed by atoms with Gasteiger partial charge in [-0.1, -0.05) is 18.6 Å². The van der Waals surface area contributed by atoms with Gasteiger partial charge in [-0.2, -0.15) is 0 Å². The molecular weight excluding hydrogens is 568 g/mol. The van der Waals surface area contributed by atoms with Gasteiger partial charge in [-0.05, 0) is 73.6 Å². The van der Waals surface area contributed by atoms with Crippen LogP contribution in [0.25, 0.3) is 0 Å². The largest absolute Gasteiger partial charge is 0.502 e. The molecule has 2 fully saturated rings. The van der Waals surface area contributed by atoms with E-state index in [2.05, 4.69) is 0 Å². The number of ketones is 2. The molecule has 228 valence electrons. The molecule has 1 heterocycles. The number of rotatable bonds is 5. The summed E-state index contributed by atoms with van der Waals surface area (Å²) in [6.45, 7) is 5.09. The van der Waals surface area contributed by atoms with E-state index >= 15 is 0 Å². The minimum atomic E-state index is -1.22. The number of hydrogen-bond acceptors (Lipinski definition) is 9. The lowest BCUT2D eigenvalue weighted by atomic mass is 9.46. The maximum atomic E-state index is 14.2. The molecule has 2 aromatic carbocycles. The molecule has 0 bridgehead atoms. The van der Waals surface area contributed by atoms with Gasteiger partial charge in [0.25, 0.3) is 5.69 Å². The Bertz CT molecular complexity index is 1700. The van der Waals surface area contributed by atoms with Gasteiger partial charge >= 0.3 is 0 Å². The normalized spacial score (nSPS) is 29.6. The molecule has 2 amide bonds. The number of Topliss-reactive ketones (excluding diaryl/α,β-unsaturated/α-hetero) is 2. The van der Waals surface area contributed by atoms with Gasteiger partial charge in [-0.25, -0.2) is 0 Å². The average molecular weight is 601 g/mol. The first-order chi connectivity index (χ1) is 20.9. The molecule has 11 heteroatoms. The summed E-state index contributed by atoms with van der Waals surface area (Å²) in [5, 5.41) is 21.8. The second-order valence-electron chi connectivity index (χ2n) is 12.2. The van der Waals surface area contributed by atoms with Crippen molar-refractivity contribution >= 4 is 34.8 Å². The van der Waals surface area contributed by atoms with Crippen LogP contribution >= 0.6 is 0 Å². The fourth-order valence-electron chi connectivity index (χ4n) is 8.02. The number of allylic oxidation sites excluding steroid dienone is 4. The van der Waals surface area contributed by atoms with E-state index < -0.39 is 51.7 Å². The van der Waals surface area contributed by atoms with E-state index in [4.69, 9.17) is 9.47 Å². The standard InChI is InChI=1S/C33H32N2O9/c1-15-16(2)30(38)33(3)23(28(15)36)14-22-20(27(33)17-12-24(43-4)29(37)25(13-17)44-5)10-11-21-26(22)32(40)34(31(21)39)18-6-8-19(9-7-18)35(41)42/h6-10,12-13,21-23,26-27,37H,11,14H2,1-5H3/t21-,22+,23-,26-,27-,33+/m0/s1. The number of non-ortho nitro benzene ring substituents is 1. The number of nitro benzene ring substituents is 1. The Morgan fingerprint density at radius 1 is 0.955 bits per heavy atom. The molecule has 1 saturated carbocycles. The monoisotopic (exact) mass is 600 g/mol. The number of carbonyl (C=O) groups is 4. The number of benzene rings is 2. The molecule has 0 unspecified atom stereocenters. The average Bonchev–Trinajstić information content (AvgIpc) is 3.27. The van der Waals surface area contributed by atoms with Crippen molar-refractivity contribution < 1.29 is 38.7 Å². The summed E-state index contributed by atoms with van der Waals surface area (Å²) in [5.74, 6) is -4.60. The Balaban J connectivity index is 1.51. The number of methoxy groups -OCH3 is 2. The van der Waals surface area contributed by atoms with E-state index in [1.165, 1.54) is 38.5 Å². The summed E-state index contributed by atoms with van der Waals surface area (Å²) in [6, 6.07) is 8.52. The fraction of sp³-hybridized carbons (Fsp3) is 0.394. The molecule has 1 aliphatic heterocycles. The fourth-order valence-corrected chi connectivity index (χ4v) is 8.02. The lowest BCUT2D eigenvalue weighted by Gasteiger charge is -2.54. The number of carbonyl (C=O) groups excluding carboxylic acids is 4. The molecule has 0 radical (unpaired) electrons. The molecule has 1 N–H and O–H groups in total. The predicted molar refractivity (Wildman–Crippen MR) is 157 cm³/mol. The van der Waals surface area contributed by atoms with Gasteiger partial charge in [-0.15, -0.1) is 0 Å². The Kier molecular flexibility index (Phi) is 6.75. The summed E-state index contributed by atoms with van der Waals surface area (Å²) in [4.78, 5) is 67.7. The number of phenolic OH excluding ortho intramolecular Hbond substituents is 1. The third-order valence-electron chi connectivity index (χ3n) is 10.3. The van der Waals surface area contributed by atoms with Crippen LogP contribution < -0.4 is 14.4 Å². The number of fused-ring (bicyclic) bond motifs is 4. The number of aromatic hydroxyl groups is 1. The van der Waals surface area contributed by atoms with Gasteiger partial charge in [0.15, 0.2) is 23.1 Å². The van der Waals surface area contributed by atoms with Crippen LogP contribution in [-0.2, 0) is 19.2 Å². The summed E-state index contributed by atoms with van der Waals surface area (Å²) >= 11 is 0. The smallest absolute Gasteiger partial charge is 0.269 e. The van der Waals surface area contributed by atoms with Crippen LogP contribution in [0.15, 0.2) is 59.2 Å². The van der Waals surface area contributed by atoms with E-state index in [0.29, 0.717) is 16.7 Å². The Hall–Kier alpha value is -4.80. The van der Waals surface area contributed by atoms with Gasteiger partial charge in [0, 0.05) is 24.0 Å². The van der Waals surface area contributed by atoms with Crippen LogP contribution in [0.1, 0.15) is 45.1 Å². The Labute approximate surface area is 253 Å². The third-order valence-corrected chi connectivity index (χ3v) is 10.3. The zero-order valence-electron chi connectivity index (χ0n) is 25.0. The molecule has 4 aliphatic rings. The number of imide groups is 1. The molecule has 3 aliphatic carbocycles. The SMILES string of the molecule is COc1cc([C@H]2C3=CC[C@@H]4C(=O)N(c5ccc([N+](=O)[O-])cc5)C(=O)[C@@H]4[C@@H]3C[C@H]3C(=O)C(C)=C(C)C(=O)[C@@]23C)cc(OC)c1O. The van der Waals surface area contributed by atoms with Gasteiger partial charge in [0.2, 0.25) is 17.6 Å². The molecule has 1 saturated heterocycles. The molecule has 44 heavy (non-hydrogen) atoms. The van der Waals surface area contributed by atoms with E-state index in [-0.39, 0.29) is 53.0 Å². The molecule has 11 nitrogen and oxygen atoms in total. The van der Waals surface area contributed by atoms with Gasteiger partial charge in [0.05, 0.1) is 42.1 Å².